The molecule has 37 heavy (non-hydrogen) atoms. The van der Waals surface area contributed by atoms with Crippen molar-refractivity contribution in [3.05, 3.63) is 48.5 Å². The minimum Gasteiger partial charge on any atom is -0.481 e. The van der Waals surface area contributed by atoms with Crippen LogP contribution in [-0.2, 0) is 22.4 Å². The Morgan fingerprint density at radius 3 is 2.27 bits per heavy atom. The van der Waals surface area contributed by atoms with E-state index in [9.17, 15) is 23.1 Å². The quantitative estimate of drug-likeness (QED) is 0.243. The number of aromatic nitrogens is 4. The molecule has 0 aliphatic rings. The highest BCUT2D eigenvalue weighted by molar-refractivity contribution is 6.76. The summed E-state index contributed by atoms with van der Waals surface area (Å²) in [5, 5.41) is 9.18. The molecule has 200 valence electrons. The molecule has 0 amide bonds. The van der Waals surface area contributed by atoms with Gasteiger partial charge in [0, 0.05) is 50.5 Å². The summed E-state index contributed by atoms with van der Waals surface area (Å²) in [6, 6.07) is 7.52. The molecule has 3 aromatic heterocycles. The van der Waals surface area contributed by atoms with Crippen LogP contribution in [0.1, 0.15) is 19.5 Å². The van der Waals surface area contributed by atoms with Crippen molar-refractivity contribution < 1.29 is 32.5 Å². The van der Waals surface area contributed by atoms with Crippen LogP contribution in [0.15, 0.2) is 42.9 Å². The Labute approximate surface area is 214 Å². The fourth-order valence-electron chi connectivity index (χ4n) is 3.05. The number of carboxylic acids is 1. The molecule has 0 unspecified atom stereocenters. The highest BCUT2D eigenvalue weighted by Gasteiger charge is 2.35. The lowest BCUT2D eigenvalue weighted by atomic mass is 9.95. The number of rotatable bonds is 11. The number of aliphatic carboxylic acids is 1. The van der Waals surface area contributed by atoms with E-state index in [1.54, 1.807) is 38.1 Å². The number of pyridine rings is 2. The second kappa shape index (κ2) is 11.0. The number of imidazole rings is 1. The molecule has 0 aliphatic heterocycles. The third-order valence-corrected chi connectivity index (χ3v) is 7.21. The topological polar surface area (TPSA) is 99.4 Å². The van der Waals surface area contributed by atoms with Crippen molar-refractivity contribution >= 4 is 14.0 Å². The molecule has 0 saturated carbocycles. The Morgan fingerprint density at radius 2 is 1.73 bits per heavy atom. The van der Waals surface area contributed by atoms with Crippen LogP contribution in [-0.4, -0.2) is 51.9 Å². The van der Waals surface area contributed by atoms with Crippen molar-refractivity contribution in [2.45, 2.75) is 52.4 Å². The standard InChI is InChI=1S/C25H31F3N4O4Si/c1-24(2,23(33)34)15-36-21-9-7-17(12-30-21)19-8-6-18(13-29-19)22-31-20(25(26,27)28)14-32(22)16-35-10-11-37(3,4)5/h6-9,12-14H,10-11,15-16H2,1-5H3,(H,33,34). The maximum Gasteiger partial charge on any atom is 0.434 e. The summed E-state index contributed by atoms with van der Waals surface area (Å²) >= 11 is 0. The van der Waals surface area contributed by atoms with Crippen LogP contribution in [0.3, 0.4) is 0 Å². The average molecular weight is 537 g/mol. The highest BCUT2D eigenvalue weighted by atomic mass is 28.3. The van der Waals surface area contributed by atoms with Crippen LogP contribution >= 0.6 is 0 Å². The van der Waals surface area contributed by atoms with E-state index in [1.165, 1.54) is 17.0 Å². The minimum atomic E-state index is -4.58. The van der Waals surface area contributed by atoms with Crippen molar-refractivity contribution in [3.63, 3.8) is 0 Å². The molecule has 0 atom stereocenters. The van der Waals surface area contributed by atoms with Gasteiger partial charge in [0.2, 0.25) is 5.88 Å². The molecule has 0 fully saturated rings. The van der Waals surface area contributed by atoms with E-state index >= 15 is 0 Å². The van der Waals surface area contributed by atoms with Gasteiger partial charge in [0.1, 0.15) is 19.2 Å². The predicted molar refractivity (Wildman–Crippen MR) is 135 cm³/mol. The fourth-order valence-corrected chi connectivity index (χ4v) is 3.81. The predicted octanol–water partition coefficient (Wildman–Crippen LogP) is 5.83. The third-order valence-electron chi connectivity index (χ3n) is 5.51. The Hall–Kier alpha value is -3.25. The van der Waals surface area contributed by atoms with Crippen LogP contribution in [0.5, 0.6) is 5.88 Å². The smallest absolute Gasteiger partial charge is 0.434 e. The first kappa shape index (κ1) is 28.3. The molecule has 3 rings (SSSR count). The van der Waals surface area contributed by atoms with Crippen molar-refractivity contribution in [1.82, 2.24) is 19.5 Å². The zero-order valence-electron chi connectivity index (χ0n) is 21.5. The second-order valence-corrected chi connectivity index (χ2v) is 16.2. The molecule has 0 bridgehead atoms. The lowest BCUT2D eigenvalue weighted by Crippen LogP contribution is -2.30. The second-order valence-electron chi connectivity index (χ2n) is 10.6. The van der Waals surface area contributed by atoms with Gasteiger partial charge >= 0.3 is 12.1 Å². The number of nitrogens with zero attached hydrogens (tertiary/aromatic N) is 4. The maximum atomic E-state index is 13.3. The number of alkyl halides is 3. The van der Waals surface area contributed by atoms with Gasteiger partial charge in [-0.3, -0.25) is 9.78 Å². The van der Waals surface area contributed by atoms with Crippen molar-refractivity contribution in [1.29, 1.82) is 0 Å². The largest absolute Gasteiger partial charge is 0.481 e. The molecule has 12 heteroatoms. The van der Waals surface area contributed by atoms with Crippen LogP contribution in [0.2, 0.25) is 25.7 Å². The molecule has 0 aliphatic carbocycles. The molecule has 0 spiro atoms. The van der Waals surface area contributed by atoms with Gasteiger partial charge in [0.05, 0.1) is 11.1 Å². The molecule has 3 heterocycles. The summed E-state index contributed by atoms with van der Waals surface area (Å²) < 4.78 is 52.5. The Morgan fingerprint density at radius 1 is 1.05 bits per heavy atom. The third kappa shape index (κ3) is 7.86. The highest BCUT2D eigenvalue weighted by Crippen LogP contribution is 2.31. The SMILES string of the molecule is CC(C)(COc1ccc(-c2ccc(-c3nc(C(F)(F)F)cn3COCC[Si](C)(C)C)cn2)cn1)C(=O)O. The fraction of sp³-hybridized carbons (Fsp3) is 0.440. The monoisotopic (exact) mass is 536 g/mol. The first-order valence-electron chi connectivity index (χ1n) is 11.7. The minimum absolute atomic E-state index is 0.0456. The van der Waals surface area contributed by atoms with Crippen LogP contribution in [0, 0.1) is 5.41 Å². The summed E-state index contributed by atoms with van der Waals surface area (Å²) in [7, 11) is -1.33. The summed E-state index contributed by atoms with van der Waals surface area (Å²) in [5.41, 5.74) is -0.433. The van der Waals surface area contributed by atoms with Gasteiger partial charge in [0.15, 0.2) is 5.69 Å². The zero-order chi connectivity index (χ0) is 27.4. The van der Waals surface area contributed by atoms with E-state index in [-0.39, 0.29) is 25.0 Å². The van der Waals surface area contributed by atoms with E-state index in [0.29, 0.717) is 23.4 Å². The number of hydrogen-bond acceptors (Lipinski definition) is 6. The lowest BCUT2D eigenvalue weighted by molar-refractivity contribution is -0.148. The van der Waals surface area contributed by atoms with Gasteiger partial charge < -0.3 is 19.1 Å². The summed E-state index contributed by atoms with van der Waals surface area (Å²) in [5.74, 6) is -0.595. The molecule has 0 saturated heterocycles. The maximum absolute atomic E-state index is 13.3. The van der Waals surface area contributed by atoms with Gasteiger partial charge in [0.25, 0.3) is 0 Å². The van der Waals surface area contributed by atoms with E-state index in [1.807, 2.05) is 0 Å². The van der Waals surface area contributed by atoms with E-state index < -0.39 is 31.3 Å². The van der Waals surface area contributed by atoms with Crippen molar-refractivity contribution in [2.24, 2.45) is 5.41 Å². The molecular weight excluding hydrogens is 505 g/mol. The number of carbonyl (C=O) groups is 1. The normalized spacial score (nSPS) is 12.5. The molecule has 0 radical (unpaired) electrons. The molecule has 3 aromatic rings. The summed E-state index contributed by atoms with van der Waals surface area (Å²) in [6.45, 7) is 10.1. The number of ether oxygens (including phenoxy) is 2. The van der Waals surface area contributed by atoms with Gasteiger partial charge in [-0.1, -0.05) is 19.6 Å². The summed E-state index contributed by atoms with van der Waals surface area (Å²) in [4.78, 5) is 23.6. The van der Waals surface area contributed by atoms with E-state index in [0.717, 1.165) is 12.2 Å². The van der Waals surface area contributed by atoms with Gasteiger partial charge in [-0.05, 0) is 38.1 Å². The Balaban J connectivity index is 1.75. The number of hydrogen-bond donors (Lipinski definition) is 1. The Bertz CT molecular complexity index is 1200. The van der Waals surface area contributed by atoms with Crippen LogP contribution in [0.25, 0.3) is 22.6 Å². The number of halogens is 3. The molecule has 1 N–H and O–H groups in total. The first-order chi connectivity index (χ1) is 17.2. The van der Waals surface area contributed by atoms with Gasteiger partial charge in [-0.15, -0.1) is 0 Å². The number of carboxylic acid groups (broad SMARTS) is 1. The van der Waals surface area contributed by atoms with Crippen LogP contribution in [0.4, 0.5) is 13.2 Å². The van der Waals surface area contributed by atoms with Crippen LogP contribution < -0.4 is 4.74 Å². The molecular formula is C25H31F3N4O4Si. The average Bonchev–Trinajstić information content (AvgIpc) is 3.25. The van der Waals surface area contributed by atoms with Crippen molar-refractivity contribution in [3.8, 4) is 28.5 Å². The zero-order valence-corrected chi connectivity index (χ0v) is 22.5. The van der Waals surface area contributed by atoms with E-state index in [2.05, 4.69) is 34.6 Å². The van der Waals surface area contributed by atoms with E-state index in [4.69, 9.17) is 9.47 Å². The molecule has 8 nitrogen and oxygen atoms in total. The summed E-state index contributed by atoms with van der Waals surface area (Å²) in [6.07, 6.45) is -0.650. The Kier molecular flexibility index (Phi) is 8.43. The van der Waals surface area contributed by atoms with Gasteiger partial charge in [-0.25, -0.2) is 9.97 Å². The van der Waals surface area contributed by atoms with Crippen molar-refractivity contribution in [2.75, 3.05) is 13.2 Å². The molecule has 0 aromatic carbocycles. The van der Waals surface area contributed by atoms with Gasteiger partial charge in [-0.2, -0.15) is 13.2 Å². The first-order valence-corrected chi connectivity index (χ1v) is 15.4. The lowest BCUT2D eigenvalue weighted by Gasteiger charge is -2.18.